The first-order valence-electron chi connectivity index (χ1n) is 9.21. The number of nitrogens with one attached hydrogen (secondary N) is 2. The quantitative estimate of drug-likeness (QED) is 0.749. The Balaban J connectivity index is 1.59. The van der Waals surface area contributed by atoms with Crippen LogP contribution in [0.5, 0.6) is 5.75 Å². The van der Waals surface area contributed by atoms with E-state index in [1.54, 1.807) is 54.5 Å². The van der Waals surface area contributed by atoms with Gasteiger partial charge in [-0.1, -0.05) is 12.1 Å². The van der Waals surface area contributed by atoms with Crippen LogP contribution in [0.2, 0.25) is 0 Å². The maximum atomic E-state index is 12.5. The number of nitrogens with zero attached hydrogens (tertiary/aromatic N) is 2. The molecule has 2 aromatic rings. The topological polar surface area (TPSA) is 91.0 Å². The minimum absolute atomic E-state index is 0.0784. The van der Waals surface area contributed by atoms with E-state index in [0.29, 0.717) is 17.0 Å². The Kier molecular flexibility index (Phi) is 6.01. The second-order valence-electron chi connectivity index (χ2n) is 7.00. The fourth-order valence-electron chi connectivity index (χ4n) is 3.13. The zero-order valence-corrected chi connectivity index (χ0v) is 16.6. The summed E-state index contributed by atoms with van der Waals surface area (Å²) in [6.07, 6.45) is 0.0784. The highest BCUT2D eigenvalue weighted by molar-refractivity contribution is 6.01. The number of hydrogen-bond acceptors (Lipinski definition) is 5. The molecule has 0 bridgehead atoms. The maximum Gasteiger partial charge on any atom is 0.269 e. The van der Waals surface area contributed by atoms with E-state index in [1.807, 2.05) is 25.1 Å². The molecule has 1 aliphatic rings. The molecule has 1 saturated heterocycles. The Morgan fingerprint density at radius 1 is 1.10 bits per heavy atom. The number of methoxy groups -OCH3 is 1. The molecule has 3 amide bonds. The van der Waals surface area contributed by atoms with Gasteiger partial charge in [-0.2, -0.15) is 0 Å². The molecule has 0 spiro atoms. The van der Waals surface area contributed by atoms with E-state index in [4.69, 9.17) is 4.74 Å². The number of rotatable bonds is 5. The van der Waals surface area contributed by atoms with Gasteiger partial charge in [0.15, 0.2) is 0 Å². The van der Waals surface area contributed by atoms with Crippen molar-refractivity contribution in [3.63, 3.8) is 0 Å². The van der Waals surface area contributed by atoms with Gasteiger partial charge in [0.25, 0.3) is 5.91 Å². The molecule has 1 atom stereocenters. The van der Waals surface area contributed by atoms with Crippen molar-refractivity contribution < 1.29 is 19.1 Å². The molecule has 0 unspecified atom stereocenters. The lowest BCUT2D eigenvalue weighted by atomic mass is 10.1. The Bertz CT molecular complexity index is 928. The van der Waals surface area contributed by atoms with Crippen molar-refractivity contribution in [1.82, 2.24) is 10.9 Å². The highest BCUT2D eigenvalue weighted by Gasteiger charge is 2.35. The van der Waals surface area contributed by atoms with Crippen LogP contribution in [0.4, 0.5) is 11.4 Å². The third kappa shape index (κ3) is 4.66. The molecule has 1 aliphatic heterocycles. The summed E-state index contributed by atoms with van der Waals surface area (Å²) in [6, 6.07) is 14.2. The van der Waals surface area contributed by atoms with E-state index in [9.17, 15) is 14.4 Å². The van der Waals surface area contributed by atoms with Crippen molar-refractivity contribution >= 4 is 29.1 Å². The fourth-order valence-corrected chi connectivity index (χ4v) is 3.13. The molecular weight excluding hydrogens is 372 g/mol. The number of ether oxygens (including phenoxy) is 1. The number of amides is 3. The molecular formula is C21H24N4O4. The average molecular weight is 396 g/mol. The molecule has 0 saturated carbocycles. The molecule has 2 N–H and O–H groups in total. The Morgan fingerprint density at radius 3 is 2.59 bits per heavy atom. The first-order valence-corrected chi connectivity index (χ1v) is 9.21. The summed E-state index contributed by atoms with van der Waals surface area (Å²) in [4.78, 5) is 40.6. The van der Waals surface area contributed by atoms with Crippen molar-refractivity contribution in [3.05, 3.63) is 54.1 Å². The molecule has 0 aliphatic carbocycles. The van der Waals surface area contributed by atoms with Crippen LogP contribution in [0.25, 0.3) is 0 Å². The van der Waals surface area contributed by atoms with Crippen LogP contribution in [0, 0.1) is 5.92 Å². The minimum atomic E-state index is -0.554. The van der Waals surface area contributed by atoms with Gasteiger partial charge in [0.1, 0.15) is 5.75 Å². The third-order valence-corrected chi connectivity index (χ3v) is 4.78. The van der Waals surface area contributed by atoms with Gasteiger partial charge < -0.3 is 14.5 Å². The number of hydrazine groups is 1. The van der Waals surface area contributed by atoms with Gasteiger partial charge in [-0.3, -0.25) is 25.2 Å². The van der Waals surface area contributed by atoms with E-state index < -0.39 is 17.7 Å². The lowest BCUT2D eigenvalue weighted by Gasteiger charge is -2.17. The molecule has 8 heteroatoms. The summed E-state index contributed by atoms with van der Waals surface area (Å²) in [5.41, 5.74) is 6.83. The predicted octanol–water partition coefficient (Wildman–Crippen LogP) is 1.58. The van der Waals surface area contributed by atoms with E-state index in [1.165, 1.54) is 0 Å². The summed E-state index contributed by atoms with van der Waals surface area (Å²) in [7, 11) is 5.31. The normalized spacial score (nSPS) is 15.8. The number of carbonyl (C=O) groups is 3. The van der Waals surface area contributed by atoms with Crippen LogP contribution in [-0.2, 0) is 9.59 Å². The zero-order valence-electron chi connectivity index (χ0n) is 16.6. The van der Waals surface area contributed by atoms with E-state index in [0.717, 1.165) is 5.69 Å². The molecule has 152 valence electrons. The second kappa shape index (κ2) is 8.64. The summed E-state index contributed by atoms with van der Waals surface area (Å²) in [5.74, 6) is -0.891. The molecule has 1 fully saturated rings. The molecule has 0 radical (unpaired) electrons. The number of anilines is 2. The maximum absolute atomic E-state index is 12.5. The lowest BCUT2D eigenvalue weighted by Crippen LogP contribution is -2.45. The molecule has 1 heterocycles. The lowest BCUT2D eigenvalue weighted by molar-refractivity contribution is -0.126. The molecule has 0 aromatic heterocycles. The van der Waals surface area contributed by atoms with Crippen molar-refractivity contribution in [3.8, 4) is 5.75 Å². The van der Waals surface area contributed by atoms with E-state index in [2.05, 4.69) is 10.9 Å². The van der Waals surface area contributed by atoms with Crippen molar-refractivity contribution in [1.29, 1.82) is 0 Å². The molecule has 2 aromatic carbocycles. The predicted molar refractivity (Wildman–Crippen MR) is 110 cm³/mol. The molecule has 29 heavy (non-hydrogen) atoms. The van der Waals surface area contributed by atoms with Crippen LogP contribution in [0.3, 0.4) is 0 Å². The van der Waals surface area contributed by atoms with Gasteiger partial charge in [0, 0.05) is 50.1 Å². The molecule has 8 nitrogen and oxygen atoms in total. The number of benzene rings is 2. The van der Waals surface area contributed by atoms with E-state index >= 15 is 0 Å². The van der Waals surface area contributed by atoms with Crippen molar-refractivity contribution in [2.24, 2.45) is 5.92 Å². The van der Waals surface area contributed by atoms with Crippen LogP contribution in [-0.4, -0.2) is 45.5 Å². The fraction of sp³-hybridized carbons (Fsp3) is 0.286. The Morgan fingerprint density at radius 2 is 1.86 bits per heavy atom. The minimum Gasteiger partial charge on any atom is -0.497 e. The average Bonchev–Trinajstić information content (AvgIpc) is 3.13. The van der Waals surface area contributed by atoms with Gasteiger partial charge in [-0.05, 0) is 30.3 Å². The number of carbonyl (C=O) groups excluding carboxylic acids is 3. The van der Waals surface area contributed by atoms with E-state index in [-0.39, 0.29) is 18.9 Å². The van der Waals surface area contributed by atoms with Crippen LogP contribution in [0.15, 0.2) is 48.5 Å². The van der Waals surface area contributed by atoms with Gasteiger partial charge >= 0.3 is 0 Å². The van der Waals surface area contributed by atoms with Crippen LogP contribution < -0.4 is 25.4 Å². The Labute approximate surface area is 169 Å². The first kappa shape index (κ1) is 20.2. The van der Waals surface area contributed by atoms with Gasteiger partial charge in [0.2, 0.25) is 11.8 Å². The van der Waals surface area contributed by atoms with Crippen LogP contribution in [0.1, 0.15) is 16.8 Å². The smallest absolute Gasteiger partial charge is 0.269 e. The summed E-state index contributed by atoms with van der Waals surface area (Å²) in [6.45, 7) is 0.240. The summed E-state index contributed by atoms with van der Waals surface area (Å²) in [5, 5.41) is 0. The zero-order chi connectivity index (χ0) is 21.0. The Hall–Kier alpha value is -3.55. The van der Waals surface area contributed by atoms with Crippen molar-refractivity contribution in [2.75, 3.05) is 37.5 Å². The number of hydrogen-bond donors (Lipinski definition) is 2. The van der Waals surface area contributed by atoms with Gasteiger partial charge in [-0.15, -0.1) is 0 Å². The highest BCUT2D eigenvalue weighted by atomic mass is 16.5. The first-order chi connectivity index (χ1) is 13.9. The summed E-state index contributed by atoms with van der Waals surface area (Å²) < 4.78 is 5.19. The molecule has 3 rings (SSSR count). The third-order valence-electron chi connectivity index (χ3n) is 4.78. The van der Waals surface area contributed by atoms with Crippen LogP contribution >= 0.6 is 0 Å². The van der Waals surface area contributed by atoms with Crippen molar-refractivity contribution in [2.45, 2.75) is 6.42 Å². The highest BCUT2D eigenvalue weighted by Crippen LogP contribution is 2.27. The SMILES string of the molecule is COc1cccc(N2C[C@@H](C(=O)NNC(=O)c3cccc(N(C)C)c3)CC2=O)c1. The standard InChI is InChI=1S/C21H24N4O4/c1-24(2)16-7-4-6-14(10-16)20(27)22-23-21(28)15-11-19(26)25(13-15)17-8-5-9-18(12-17)29-3/h4-10,12,15H,11,13H2,1-3H3,(H,22,27)(H,23,28)/t15-/m0/s1. The second-order valence-corrected chi connectivity index (χ2v) is 7.00. The summed E-state index contributed by atoms with van der Waals surface area (Å²) >= 11 is 0. The van der Waals surface area contributed by atoms with Gasteiger partial charge in [0.05, 0.1) is 13.0 Å². The largest absolute Gasteiger partial charge is 0.497 e. The van der Waals surface area contributed by atoms with Gasteiger partial charge in [-0.25, -0.2) is 0 Å². The monoisotopic (exact) mass is 396 g/mol.